The Morgan fingerprint density at radius 1 is 1.39 bits per heavy atom. The second kappa shape index (κ2) is 5.69. The predicted molar refractivity (Wildman–Crippen MR) is 68.5 cm³/mol. The number of benzene rings is 1. The maximum absolute atomic E-state index is 12.0. The first-order valence-electron chi connectivity index (χ1n) is 5.96. The van der Waals surface area contributed by atoms with Crippen LogP contribution in [-0.2, 0) is 0 Å². The summed E-state index contributed by atoms with van der Waals surface area (Å²) < 4.78 is 0. The molecule has 1 aliphatic rings. The minimum atomic E-state index is -0.549. The van der Waals surface area contributed by atoms with Crippen molar-refractivity contribution < 1.29 is 15.0 Å². The third-order valence-electron chi connectivity index (χ3n) is 3.35. The van der Waals surface area contributed by atoms with Gasteiger partial charge < -0.3 is 15.5 Å². The van der Waals surface area contributed by atoms with Gasteiger partial charge in [-0.15, -0.1) is 0 Å². The van der Waals surface area contributed by atoms with Gasteiger partial charge in [-0.1, -0.05) is 23.7 Å². The summed E-state index contributed by atoms with van der Waals surface area (Å²) in [6.45, 7) is -0.0559. The van der Waals surface area contributed by atoms with Crippen LogP contribution in [0.4, 0.5) is 0 Å². The van der Waals surface area contributed by atoms with Gasteiger partial charge in [0.15, 0.2) is 0 Å². The first-order chi connectivity index (χ1) is 8.61. The van der Waals surface area contributed by atoms with Crippen molar-refractivity contribution in [1.29, 1.82) is 0 Å². The maximum atomic E-state index is 12.0. The molecule has 1 saturated carbocycles. The van der Waals surface area contributed by atoms with E-state index in [1.54, 1.807) is 24.3 Å². The third kappa shape index (κ3) is 2.83. The number of rotatable bonds is 3. The Morgan fingerprint density at radius 3 is 2.72 bits per heavy atom. The van der Waals surface area contributed by atoms with Crippen LogP contribution in [-0.4, -0.2) is 34.9 Å². The summed E-state index contributed by atoms with van der Waals surface area (Å²) in [6.07, 6.45) is 0.515. The average molecular weight is 270 g/mol. The molecule has 2 rings (SSSR count). The Balaban J connectivity index is 1.99. The zero-order valence-corrected chi connectivity index (χ0v) is 10.6. The van der Waals surface area contributed by atoms with E-state index in [1.165, 1.54) is 0 Å². The Labute approximate surface area is 111 Å². The van der Waals surface area contributed by atoms with Gasteiger partial charge in [-0.3, -0.25) is 4.79 Å². The van der Waals surface area contributed by atoms with Gasteiger partial charge in [0.2, 0.25) is 0 Å². The van der Waals surface area contributed by atoms with Gasteiger partial charge in [-0.2, -0.15) is 0 Å². The van der Waals surface area contributed by atoms with Crippen LogP contribution in [0.25, 0.3) is 0 Å². The number of carbonyl (C=O) groups excluding carboxylic acids is 1. The van der Waals surface area contributed by atoms with E-state index in [1.807, 2.05) is 0 Å². The Kier molecular flexibility index (Phi) is 4.22. The Hall–Kier alpha value is -1.10. The first kappa shape index (κ1) is 13.3. The Bertz CT molecular complexity index is 438. The molecule has 0 heterocycles. The highest BCUT2D eigenvalue weighted by molar-refractivity contribution is 6.33. The van der Waals surface area contributed by atoms with Gasteiger partial charge in [0.1, 0.15) is 0 Å². The molecule has 1 aromatic rings. The van der Waals surface area contributed by atoms with Gasteiger partial charge in [0, 0.05) is 18.6 Å². The molecular formula is C13H16ClNO3. The van der Waals surface area contributed by atoms with Gasteiger partial charge >= 0.3 is 0 Å². The summed E-state index contributed by atoms with van der Waals surface area (Å²) >= 11 is 5.94. The molecule has 0 radical (unpaired) electrons. The van der Waals surface area contributed by atoms with Crippen molar-refractivity contribution in [2.24, 2.45) is 5.92 Å². The van der Waals surface area contributed by atoms with E-state index in [9.17, 15) is 9.90 Å². The molecule has 0 saturated heterocycles. The monoisotopic (exact) mass is 269 g/mol. The molecule has 3 N–H and O–H groups in total. The average Bonchev–Trinajstić information content (AvgIpc) is 2.69. The van der Waals surface area contributed by atoms with E-state index in [4.69, 9.17) is 16.7 Å². The van der Waals surface area contributed by atoms with Crippen LogP contribution in [0.3, 0.4) is 0 Å². The lowest BCUT2D eigenvalue weighted by atomic mass is 10.1. The minimum absolute atomic E-state index is 0.0559. The largest absolute Gasteiger partial charge is 0.396 e. The molecule has 1 aromatic carbocycles. The normalized spacial score (nSPS) is 27.2. The lowest BCUT2D eigenvalue weighted by Gasteiger charge is -2.13. The second-order valence-corrected chi connectivity index (χ2v) is 5.04. The number of nitrogens with one attached hydrogen (secondary N) is 1. The zero-order chi connectivity index (χ0) is 13.1. The summed E-state index contributed by atoms with van der Waals surface area (Å²) in [4.78, 5) is 12.0. The number of hydrogen-bond acceptors (Lipinski definition) is 3. The lowest BCUT2D eigenvalue weighted by Crippen LogP contribution is -2.33. The van der Waals surface area contributed by atoms with Crippen molar-refractivity contribution in [3.8, 4) is 0 Å². The molecule has 1 amide bonds. The molecule has 4 nitrogen and oxygen atoms in total. The first-order valence-corrected chi connectivity index (χ1v) is 6.34. The van der Waals surface area contributed by atoms with Crippen molar-refractivity contribution in [1.82, 2.24) is 5.32 Å². The third-order valence-corrected chi connectivity index (χ3v) is 3.68. The fourth-order valence-corrected chi connectivity index (χ4v) is 2.55. The molecule has 1 fully saturated rings. The van der Waals surface area contributed by atoms with E-state index in [0.717, 1.165) is 0 Å². The van der Waals surface area contributed by atoms with Crippen LogP contribution in [0.5, 0.6) is 0 Å². The molecule has 3 unspecified atom stereocenters. The molecular weight excluding hydrogens is 254 g/mol. The smallest absolute Gasteiger partial charge is 0.253 e. The van der Waals surface area contributed by atoms with E-state index < -0.39 is 6.10 Å². The highest BCUT2D eigenvalue weighted by Gasteiger charge is 2.33. The van der Waals surface area contributed by atoms with Crippen LogP contribution < -0.4 is 5.32 Å². The van der Waals surface area contributed by atoms with Crippen molar-refractivity contribution in [3.05, 3.63) is 34.9 Å². The maximum Gasteiger partial charge on any atom is 0.253 e. The summed E-state index contributed by atoms with van der Waals surface area (Å²) in [5.74, 6) is -0.391. The van der Waals surface area contributed by atoms with Crippen LogP contribution in [0.2, 0.25) is 5.02 Å². The van der Waals surface area contributed by atoms with E-state index in [0.29, 0.717) is 23.4 Å². The van der Waals surface area contributed by atoms with Crippen molar-refractivity contribution in [3.63, 3.8) is 0 Å². The molecule has 98 valence electrons. The highest BCUT2D eigenvalue weighted by Crippen LogP contribution is 2.26. The fourth-order valence-electron chi connectivity index (χ4n) is 2.33. The number of amides is 1. The molecule has 1 aliphatic carbocycles. The number of aliphatic hydroxyl groups is 2. The van der Waals surface area contributed by atoms with Gasteiger partial charge in [-0.25, -0.2) is 0 Å². The SMILES string of the molecule is O=C(NC1CC(O)C(CO)C1)c1ccccc1Cl. The molecule has 0 aliphatic heterocycles. The van der Waals surface area contributed by atoms with Gasteiger partial charge in [0.25, 0.3) is 5.91 Å². The van der Waals surface area contributed by atoms with Crippen molar-refractivity contribution in [2.75, 3.05) is 6.61 Å². The van der Waals surface area contributed by atoms with E-state index in [-0.39, 0.29) is 24.5 Å². The second-order valence-electron chi connectivity index (χ2n) is 4.63. The van der Waals surface area contributed by atoms with E-state index in [2.05, 4.69) is 5.32 Å². The van der Waals surface area contributed by atoms with Gasteiger partial charge in [-0.05, 0) is 25.0 Å². The van der Waals surface area contributed by atoms with Crippen molar-refractivity contribution >= 4 is 17.5 Å². The fraction of sp³-hybridized carbons (Fsp3) is 0.462. The number of aliphatic hydroxyl groups excluding tert-OH is 2. The topological polar surface area (TPSA) is 69.6 Å². The minimum Gasteiger partial charge on any atom is -0.396 e. The zero-order valence-electron chi connectivity index (χ0n) is 9.84. The molecule has 0 aromatic heterocycles. The molecule has 18 heavy (non-hydrogen) atoms. The summed E-state index contributed by atoms with van der Waals surface area (Å²) in [5, 5.41) is 22.0. The summed E-state index contributed by atoms with van der Waals surface area (Å²) in [5.41, 5.74) is 0.432. The highest BCUT2D eigenvalue weighted by atomic mass is 35.5. The quantitative estimate of drug-likeness (QED) is 0.772. The van der Waals surface area contributed by atoms with Crippen LogP contribution >= 0.6 is 11.6 Å². The van der Waals surface area contributed by atoms with Crippen molar-refractivity contribution in [2.45, 2.75) is 25.0 Å². The van der Waals surface area contributed by atoms with Crippen LogP contribution in [0, 0.1) is 5.92 Å². The predicted octanol–water partition coefficient (Wildman–Crippen LogP) is 1.20. The standard InChI is InChI=1S/C13H16ClNO3/c14-11-4-2-1-3-10(11)13(18)15-9-5-8(7-16)12(17)6-9/h1-4,8-9,12,16-17H,5-7H2,(H,15,18). The lowest BCUT2D eigenvalue weighted by molar-refractivity contribution is 0.0903. The molecule has 0 bridgehead atoms. The van der Waals surface area contributed by atoms with Crippen LogP contribution in [0.15, 0.2) is 24.3 Å². The molecule has 0 spiro atoms. The summed E-state index contributed by atoms with van der Waals surface area (Å²) in [6, 6.07) is 6.73. The number of carbonyl (C=O) groups is 1. The summed E-state index contributed by atoms with van der Waals surface area (Å²) in [7, 11) is 0. The number of hydrogen-bond donors (Lipinski definition) is 3. The van der Waals surface area contributed by atoms with Gasteiger partial charge in [0.05, 0.1) is 16.7 Å². The van der Waals surface area contributed by atoms with E-state index >= 15 is 0 Å². The van der Waals surface area contributed by atoms with Crippen LogP contribution in [0.1, 0.15) is 23.2 Å². The molecule has 3 atom stereocenters. The Morgan fingerprint density at radius 2 is 2.11 bits per heavy atom. The number of halogens is 1. The molecule has 5 heteroatoms.